The van der Waals surface area contributed by atoms with Gasteiger partial charge in [0.25, 0.3) is 0 Å². The van der Waals surface area contributed by atoms with Crippen molar-refractivity contribution in [1.82, 2.24) is 10.1 Å². The van der Waals surface area contributed by atoms with Crippen molar-refractivity contribution < 1.29 is 4.52 Å². The van der Waals surface area contributed by atoms with E-state index in [1.54, 1.807) is 11.8 Å². The Kier molecular flexibility index (Phi) is 5.24. The molecule has 1 unspecified atom stereocenters. The summed E-state index contributed by atoms with van der Waals surface area (Å²) in [4.78, 5) is 5.42. The number of benzene rings is 1. The quantitative estimate of drug-likeness (QED) is 0.829. The van der Waals surface area contributed by atoms with Gasteiger partial charge in [-0.3, -0.25) is 0 Å². The molecule has 2 rings (SSSR count). The number of aryl methyl sites for hydroxylation is 1. The highest BCUT2D eigenvalue weighted by molar-refractivity contribution is 7.98. The molecule has 0 aliphatic rings. The Morgan fingerprint density at radius 3 is 3.05 bits per heavy atom. The lowest BCUT2D eigenvalue weighted by Crippen LogP contribution is -2.15. The van der Waals surface area contributed by atoms with Gasteiger partial charge in [-0.15, -0.1) is 11.8 Å². The molecule has 102 valence electrons. The summed E-state index contributed by atoms with van der Waals surface area (Å²) in [6.07, 6.45) is 1.58. The molecule has 2 N–H and O–H groups in total. The average Bonchev–Trinajstić information content (AvgIpc) is 2.82. The van der Waals surface area contributed by atoms with Crippen LogP contribution in [0.25, 0.3) is 0 Å². The zero-order valence-electron chi connectivity index (χ0n) is 10.7. The van der Waals surface area contributed by atoms with Gasteiger partial charge in [-0.2, -0.15) is 4.98 Å². The van der Waals surface area contributed by atoms with Gasteiger partial charge in [0.05, 0.1) is 5.75 Å². The van der Waals surface area contributed by atoms with Crippen LogP contribution in [0, 0.1) is 0 Å². The third-order valence-corrected chi connectivity index (χ3v) is 3.71. The molecule has 4 nitrogen and oxygen atoms in total. The highest BCUT2D eigenvalue weighted by Crippen LogP contribution is 2.24. The largest absolute Gasteiger partial charge is 0.339 e. The van der Waals surface area contributed by atoms with Crippen molar-refractivity contribution in [3.63, 3.8) is 0 Å². The fourth-order valence-corrected chi connectivity index (χ4v) is 2.56. The minimum atomic E-state index is 0.149. The van der Waals surface area contributed by atoms with Crippen molar-refractivity contribution in [3.8, 4) is 0 Å². The fraction of sp³-hybridized carbons (Fsp3) is 0.385. The first kappa shape index (κ1) is 14.4. The Balaban J connectivity index is 1.86. The molecule has 0 spiro atoms. The van der Waals surface area contributed by atoms with Gasteiger partial charge < -0.3 is 10.3 Å². The maximum atomic E-state index is 5.93. The van der Waals surface area contributed by atoms with Crippen molar-refractivity contribution >= 4 is 23.4 Å². The van der Waals surface area contributed by atoms with Gasteiger partial charge in [0.15, 0.2) is 5.82 Å². The summed E-state index contributed by atoms with van der Waals surface area (Å²) in [5.41, 5.74) is 5.69. The third-order valence-electron chi connectivity index (χ3n) is 2.49. The highest BCUT2D eigenvalue weighted by atomic mass is 35.5. The van der Waals surface area contributed by atoms with Crippen molar-refractivity contribution in [2.75, 3.05) is 0 Å². The third kappa shape index (κ3) is 4.86. The van der Waals surface area contributed by atoms with Gasteiger partial charge in [-0.1, -0.05) is 22.8 Å². The fourth-order valence-electron chi connectivity index (χ4n) is 1.51. The Labute approximate surface area is 121 Å². The maximum Gasteiger partial charge on any atom is 0.226 e. The SMILES string of the molecule is CC(N)CCc1nc(CSc2cccc(Cl)c2)no1. The monoisotopic (exact) mass is 297 g/mol. The first-order valence-electron chi connectivity index (χ1n) is 6.09. The minimum Gasteiger partial charge on any atom is -0.339 e. The molecule has 0 fully saturated rings. The van der Waals surface area contributed by atoms with Crippen LogP contribution in [0.15, 0.2) is 33.7 Å². The molecule has 1 aromatic heterocycles. The number of aromatic nitrogens is 2. The van der Waals surface area contributed by atoms with E-state index in [-0.39, 0.29) is 6.04 Å². The lowest BCUT2D eigenvalue weighted by Gasteiger charge is -1.99. The van der Waals surface area contributed by atoms with Crippen LogP contribution in [-0.2, 0) is 12.2 Å². The lowest BCUT2D eigenvalue weighted by molar-refractivity contribution is 0.368. The number of thioether (sulfide) groups is 1. The minimum absolute atomic E-state index is 0.149. The second-order valence-electron chi connectivity index (χ2n) is 4.37. The number of hydrogen-bond acceptors (Lipinski definition) is 5. The van der Waals surface area contributed by atoms with Crippen molar-refractivity contribution in [2.24, 2.45) is 5.73 Å². The lowest BCUT2D eigenvalue weighted by atomic mass is 10.2. The Bertz CT molecular complexity index is 530. The standard InChI is InChI=1S/C13H16ClN3OS/c1-9(15)5-6-13-16-12(17-18-13)8-19-11-4-2-3-10(14)7-11/h2-4,7,9H,5-6,8,15H2,1H3. The molecule has 2 aromatic rings. The van der Waals surface area contributed by atoms with Crippen molar-refractivity contribution in [3.05, 3.63) is 41.0 Å². The Morgan fingerprint density at radius 2 is 2.32 bits per heavy atom. The molecule has 1 aromatic carbocycles. The Morgan fingerprint density at radius 1 is 1.47 bits per heavy atom. The second kappa shape index (κ2) is 6.93. The van der Waals surface area contributed by atoms with E-state index in [1.807, 2.05) is 31.2 Å². The van der Waals surface area contributed by atoms with Gasteiger partial charge in [-0.05, 0) is 31.5 Å². The number of nitrogens with two attached hydrogens (primary N) is 1. The highest BCUT2D eigenvalue weighted by Gasteiger charge is 2.07. The molecule has 1 heterocycles. The predicted octanol–water partition coefficient (Wildman–Crippen LogP) is 3.30. The van der Waals surface area contributed by atoms with Crippen LogP contribution in [0.5, 0.6) is 0 Å². The van der Waals surface area contributed by atoms with Crippen LogP contribution in [0.3, 0.4) is 0 Å². The molecule has 19 heavy (non-hydrogen) atoms. The summed E-state index contributed by atoms with van der Waals surface area (Å²) in [7, 11) is 0. The molecule has 6 heteroatoms. The van der Waals surface area contributed by atoms with Crippen LogP contribution in [0.2, 0.25) is 5.02 Å². The zero-order valence-corrected chi connectivity index (χ0v) is 12.2. The molecule has 0 bridgehead atoms. The van der Waals surface area contributed by atoms with Gasteiger partial charge in [0, 0.05) is 22.4 Å². The van der Waals surface area contributed by atoms with Gasteiger partial charge in [0.2, 0.25) is 5.89 Å². The molecule has 0 aliphatic carbocycles. The molecular formula is C13H16ClN3OS. The molecular weight excluding hydrogens is 282 g/mol. The molecule has 0 saturated carbocycles. The topological polar surface area (TPSA) is 64.9 Å². The summed E-state index contributed by atoms with van der Waals surface area (Å²) in [5, 5.41) is 4.68. The van der Waals surface area contributed by atoms with E-state index in [0.717, 1.165) is 22.8 Å². The van der Waals surface area contributed by atoms with E-state index in [9.17, 15) is 0 Å². The van der Waals surface area contributed by atoms with Crippen molar-refractivity contribution in [1.29, 1.82) is 0 Å². The van der Waals surface area contributed by atoms with E-state index in [2.05, 4.69) is 10.1 Å². The normalized spacial score (nSPS) is 12.6. The number of nitrogens with zero attached hydrogens (tertiary/aromatic N) is 2. The smallest absolute Gasteiger partial charge is 0.226 e. The average molecular weight is 298 g/mol. The zero-order chi connectivity index (χ0) is 13.7. The van der Waals surface area contributed by atoms with Crippen LogP contribution in [-0.4, -0.2) is 16.2 Å². The van der Waals surface area contributed by atoms with Crippen LogP contribution < -0.4 is 5.73 Å². The summed E-state index contributed by atoms with van der Waals surface area (Å²) >= 11 is 7.56. The van der Waals surface area contributed by atoms with E-state index >= 15 is 0 Å². The maximum absolute atomic E-state index is 5.93. The summed E-state index contributed by atoms with van der Waals surface area (Å²) in [6.45, 7) is 1.96. The van der Waals surface area contributed by atoms with Gasteiger partial charge >= 0.3 is 0 Å². The molecule has 0 saturated heterocycles. The van der Waals surface area contributed by atoms with Gasteiger partial charge in [-0.25, -0.2) is 0 Å². The first-order valence-corrected chi connectivity index (χ1v) is 7.45. The summed E-state index contributed by atoms with van der Waals surface area (Å²) in [6, 6.07) is 7.86. The van der Waals surface area contributed by atoms with Crippen LogP contribution in [0.1, 0.15) is 25.1 Å². The number of rotatable bonds is 6. The molecule has 0 aliphatic heterocycles. The predicted molar refractivity (Wildman–Crippen MR) is 77.3 cm³/mol. The van der Waals surface area contributed by atoms with E-state index in [1.165, 1.54) is 0 Å². The second-order valence-corrected chi connectivity index (χ2v) is 5.85. The summed E-state index contributed by atoms with van der Waals surface area (Å²) < 4.78 is 5.17. The molecule has 1 atom stereocenters. The van der Waals surface area contributed by atoms with E-state index < -0.39 is 0 Å². The molecule has 0 radical (unpaired) electrons. The van der Waals surface area contributed by atoms with Crippen LogP contribution >= 0.6 is 23.4 Å². The molecule has 0 amide bonds. The van der Waals surface area contributed by atoms with E-state index in [4.69, 9.17) is 21.9 Å². The number of hydrogen-bond donors (Lipinski definition) is 1. The van der Waals surface area contributed by atoms with Crippen molar-refractivity contribution in [2.45, 2.75) is 36.5 Å². The Hall–Kier alpha value is -1.04. The van der Waals surface area contributed by atoms with E-state index in [0.29, 0.717) is 17.5 Å². The van der Waals surface area contributed by atoms with Gasteiger partial charge in [0.1, 0.15) is 0 Å². The number of halogens is 1. The first-order chi connectivity index (χ1) is 9.13. The van der Waals surface area contributed by atoms with Crippen LogP contribution in [0.4, 0.5) is 0 Å². The summed E-state index contributed by atoms with van der Waals surface area (Å²) in [5.74, 6) is 2.02.